The average molecular weight is 1630 g/mol. The van der Waals surface area contributed by atoms with Crippen LogP contribution in [-0.4, -0.2) is 73.1 Å². The molecule has 16 heteroatoms. The highest BCUT2D eigenvalue weighted by Crippen LogP contribution is 2.41. The molecule has 0 amide bonds. The van der Waals surface area contributed by atoms with Gasteiger partial charge >= 0.3 is 0 Å². The van der Waals surface area contributed by atoms with Gasteiger partial charge in [0.05, 0.1) is 66.2 Å². The number of hydrogen-bond donors (Lipinski definition) is 0. The summed E-state index contributed by atoms with van der Waals surface area (Å²) >= 11 is 3.69. The van der Waals surface area contributed by atoms with E-state index in [1.807, 2.05) is 22.7 Å². The molecule has 0 fully saturated rings. The Labute approximate surface area is 707 Å². The minimum Gasteiger partial charge on any atom is -0.294 e. The second-order valence-electron chi connectivity index (χ2n) is 31.7. The summed E-state index contributed by atoms with van der Waals surface area (Å²) < 4.78 is 18.7. The van der Waals surface area contributed by atoms with Gasteiger partial charge in [0, 0.05) is 78.6 Å². The zero-order valence-electron chi connectivity index (χ0n) is 65.3. The molecule has 0 unspecified atom stereocenters. The second kappa shape index (κ2) is 26.6. The Morgan fingerprint density at radius 2 is 0.557 bits per heavy atom. The Morgan fingerprint density at radius 1 is 0.197 bits per heavy atom. The van der Waals surface area contributed by atoms with Crippen LogP contribution in [0.15, 0.2) is 400 Å². The number of fused-ring (bicyclic) bond motifs is 22. The molecule has 0 bridgehead atoms. The SMILES string of the molecule is c1ccc([Si](c2ccccc2)(c2ccc3sc4ccccc4c3c2)c2cc(-n3c4ccccc4c4cc(-c5ccc6nc7n(-c8nc(-n9c%10ccccc%10n%10c%11ccccc%11nc9%10)cc([Si](c9ccccc9)(c9ccccc9)c9ccc%10sc%11ccccc%11c%10c9)n8)c8ccccc8n7c6c5)ccc43)nc(-n3c4ccccc4c4ccccc43)n2)cc1. The lowest BCUT2D eigenvalue weighted by Crippen LogP contribution is -2.75. The molecule has 16 aromatic carbocycles. The molecule has 26 rings (SSSR count). The van der Waals surface area contributed by atoms with Crippen molar-refractivity contribution in [1.82, 2.24) is 57.0 Å². The molecule has 10 heterocycles. The van der Waals surface area contributed by atoms with Crippen molar-refractivity contribution in [2.75, 3.05) is 0 Å². The van der Waals surface area contributed by atoms with E-state index in [0.717, 1.165) is 121 Å². The predicted octanol–water partition coefficient (Wildman–Crippen LogP) is 20.1. The number of imidazole rings is 4. The van der Waals surface area contributed by atoms with Crippen molar-refractivity contribution in [1.29, 1.82) is 0 Å². The lowest BCUT2D eigenvalue weighted by molar-refractivity contribution is 0.936. The fourth-order valence-electron chi connectivity index (χ4n) is 20.1. The van der Waals surface area contributed by atoms with Crippen molar-refractivity contribution < 1.29 is 0 Å². The smallest absolute Gasteiger partial charge is 0.238 e. The van der Waals surface area contributed by atoms with Crippen molar-refractivity contribution in [3.05, 3.63) is 400 Å². The topological polar surface area (TPSA) is 106 Å². The van der Waals surface area contributed by atoms with Gasteiger partial charge in [-0.15, -0.1) is 22.7 Å². The second-order valence-corrected chi connectivity index (χ2v) is 41.4. The van der Waals surface area contributed by atoms with E-state index in [0.29, 0.717) is 23.5 Å². The normalized spacial score (nSPS) is 12.4. The van der Waals surface area contributed by atoms with Crippen LogP contribution in [0, 0.1) is 0 Å². The number of thiophene rings is 2. The Balaban J connectivity index is 0.694. The van der Waals surface area contributed by atoms with Crippen LogP contribution >= 0.6 is 22.7 Å². The van der Waals surface area contributed by atoms with Crippen LogP contribution in [-0.2, 0) is 0 Å². The molecule has 26 aromatic rings. The number of aromatic nitrogens is 12. The van der Waals surface area contributed by atoms with E-state index in [1.54, 1.807) is 0 Å². The molecule has 12 nitrogen and oxygen atoms in total. The van der Waals surface area contributed by atoms with Crippen molar-refractivity contribution in [2.45, 2.75) is 0 Å². The third-order valence-electron chi connectivity index (χ3n) is 25.4. The van der Waals surface area contributed by atoms with Crippen LogP contribution in [0.1, 0.15) is 0 Å². The molecular weight excluding hydrogens is 1560 g/mol. The molecule has 10 aromatic heterocycles. The molecule has 0 saturated heterocycles. The van der Waals surface area contributed by atoms with Gasteiger partial charge in [-0.05, 0) is 151 Å². The van der Waals surface area contributed by atoms with E-state index in [1.165, 1.54) is 71.5 Å². The summed E-state index contributed by atoms with van der Waals surface area (Å²) in [5.74, 6) is 3.97. The van der Waals surface area contributed by atoms with Crippen LogP contribution in [0.25, 0.3) is 174 Å². The molecular formula is C106H66N12S2Si2. The molecule has 0 N–H and O–H groups in total. The fraction of sp³-hybridized carbons (Fsp3) is 0. The van der Waals surface area contributed by atoms with Gasteiger partial charge in [-0.2, -0.15) is 9.97 Å². The molecule has 122 heavy (non-hydrogen) atoms. The Morgan fingerprint density at radius 3 is 1.08 bits per heavy atom. The molecule has 0 radical (unpaired) electrons. The molecule has 0 aliphatic heterocycles. The number of nitrogens with zero attached hydrogens (tertiary/aromatic N) is 12. The minimum atomic E-state index is -3.53. The van der Waals surface area contributed by atoms with E-state index in [2.05, 4.69) is 427 Å². The van der Waals surface area contributed by atoms with Gasteiger partial charge in [0.2, 0.25) is 39.6 Å². The van der Waals surface area contributed by atoms with Gasteiger partial charge in [-0.3, -0.25) is 22.5 Å². The average Bonchev–Trinajstić information content (AvgIpc) is 1.41. The highest BCUT2D eigenvalue weighted by atomic mass is 32.1. The molecule has 0 aliphatic carbocycles. The lowest BCUT2D eigenvalue weighted by Gasteiger charge is -2.34. The summed E-state index contributed by atoms with van der Waals surface area (Å²) in [6.07, 6.45) is 0. The monoisotopic (exact) mass is 1630 g/mol. The quantitative estimate of drug-likeness (QED) is 0.0841. The molecule has 0 atom stereocenters. The third-order valence-corrected chi connectivity index (χ3v) is 36.9. The summed E-state index contributed by atoms with van der Waals surface area (Å²) in [5, 5.41) is 18.6. The van der Waals surface area contributed by atoms with Gasteiger partial charge in [0.25, 0.3) is 0 Å². The van der Waals surface area contributed by atoms with E-state index in [4.69, 9.17) is 29.9 Å². The van der Waals surface area contributed by atoms with Crippen LogP contribution < -0.4 is 41.8 Å². The first-order chi connectivity index (χ1) is 60.5. The molecule has 570 valence electrons. The highest BCUT2D eigenvalue weighted by molar-refractivity contribution is 7.26. The van der Waals surface area contributed by atoms with Gasteiger partial charge in [-0.1, -0.05) is 285 Å². The first kappa shape index (κ1) is 68.7. The predicted molar refractivity (Wildman–Crippen MR) is 511 cm³/mol. The highest BCUT2D eigenvalue weighted by Gasteiger charge is 2.47. The van der Waals surface area contributed by atoms with Crippen molar-refractivity contribution >= 4 is 220 Å². The summed E-state index contributed by atoms with van der Waals surface area (Å²) in [6, 6.07) is 147. The number of hydrogen-bond acceptors (Lipinski definition) is 8. The van der Waals surface area contributed by atoms with Gasteiger partial charge in [-0.25, -0.2) is 24.5 Å². The molecule has 0 saturated carbocycles. The van der Waals surface area contributed by atoms with Crippen LogP contribution in [0.3, 0.4) is 0 Å². The zero-order chi connectivity index (χ0) is 79.9. The summed E-state index contributed by atoms with van der Waals surface area (Å²) in [6.45, 7) is 0. The van der Waals surface area contributed by atoms with Crippen LogP contribution in [0.2, 0.25) is 0 Å². The standard InChI is InChI=1S/C106H66N12S2Si2/c1-5-29-69(30-6-1)121(70-31-7-2-8-32-70,73-55-59-97-81(63-73)78-40-16-27-51-95(78)119-97)101-65-99(109-103(111-101)114-86-44-20-13-37-75(86)76-38-14-21-45-87(76)114)113-85-43-19-15-39-77(85)80-61-67(54-58-88(80)113)68-53-57-84-94(62-68)116-91-48-24-26-50-93(91)118(106(116)108-84)104-110-100(117-92-49-25-23-47-90(92)115-89-46-22-18-42-83(89)107-105(115)117)66-102(112-104)122(71-33-9-3-10-34-71,72-35-11-4-12-36-72)74-56-60-98-82(64-74)79-41-17-28-52-96(79)120-98/h1-66H. The van der Waals surface area contributed by atoms with E-state index in [-0.39, 0.29) is 0 Å². The zero-order valence-corrected chi connectivity index (χ0v) is 68.9. The van der Waals surface area contributed by atoms with E-state index in [9.17, 15) is 0 Å². The maximum Gasteiger partial charge on any atom is 0.238 e. The van der Waals surface area contributed by atoms with Crippen molar-refractivity contribution in [3.63, 3.8) is 0 Å². The number of para-hydroxylation sites is 9. The summed E-state index contributed by atoms with van der Waals surface area (Å²) in [5.41, 5.74) is 13.8. The maximum absolute atomic E-state index is 6.16. The van der Waals surface area contributed by atoms with Crippen LogP contribution in [0.5, 0.6) is 0 Å². The first-order valence-electron chi connectivity index (χ1n) is 41.1. The number of rotatable bonds is 13. The minimum absolute atomic E-state index is 0.485. The van der Waals surface area contributed by atoms with Gasteiger partial charge in [0.15, 0.2) is 0 Å². The Kier molecular flexibility index (Phi) is 15.0. The lowest BCUT2D eigenvalue weighted by atomic mass is 10.0. The molecule has 0 aliphatic rings. The summed E-state index contributed by atoms with van der Waals surface area (Å²) in [4.78, 5) is 35.3. The van der Waals surface area contributed by atoms with E-state index < -0.39 is 16.1 Å². The Hall–Kier alpha value is -15.3. The third kappa shape index (κ3) is 9.93. The van der Waals surface area contributed by atoms with Crippen molar-refractivity contribution in [3.8, 4) is 34.7 Å². The van der Waals surface area contributed by atoms with Gasteiger partial charge in [0.1, 0.15) is 11.6 Å². The summed E-state index contributed by atoms with van der Waals surface area (Å²) in [7, 11) is -6.98. The number of benzene rings is 16. The van der Waals surface area contributed by atoms with E-state index >= 15 is 0 Å². The van der Waals surface area contributed by atoms with Gasteiger partial charge < -0.3 is 0 Å². The van der Waals surface area contributed by atoms with Crippen LogP contribution in [0.4, 0.5) is 0 Å². The fourth-order valence-corrected chi connectivity index (χ4v) is 31.4. The first-order valence-corrected chi connectivity index (χ1v) is 46.8. The van der Waals surface area contributed by atoms with Crippen molar-refractivity contribution in [2.24, 2.45) is 0 Å². The maximum atomic E-state index is 6.16. The molecule has 0 spiro atoms. The largest absolute Gasteiger partial charge is 0.294 e. The Bertz CT molecular complexity index is 8690.